The summed E-state index contributed by atoms with van der Waals surface area (Å²) in [5.74, 6) is -1.51. The monoisotopic (exact) mass is 476 g/mol. The molecule has 1 aromatic heterocycles. The Hall–Kier alpha value is -3.46. The summed E-state index contributed by atoms with van der Waals surface area (Å²) in [6, 6.07) is 11.3. The predicted octanol–water partition coefficient (Wildman–Crippen LogP) is 6.21. The quantitative estimate of drug-likeness (QED) is 0.430. The number of hydrogen-bond donors (Lipinski definition) is 2. The Morgan fingerprint density at radius 1 is 1.00 bits per heavy atom. The van der Waals surface area contributed by atoms with Crippen molar-refractivity contribution >= 4 is 6.09 Å². The van der Waals surface area contributed by atoms with Crippen molar-refractivity contribution < 1.29 is 32.2 Å². The highest BCUT2D eigenvalue weighted by atomic mass is 19.4. The molecule has 0 radical (unpaired) electrons. The molecule has 2 unspecified atom stereocenters. The van der Waals surface area contributed by atoms with Crippen LogP contribution in [0.15, 0.2) is 67.0 Å². The number of hydrogen-bond acceptors (Lipinski definition) is 4. The van der Waals surface area contributed by atoms with Gasteiger partial charge in [0.1, 0.15) is 17.5 Å². The number of benzene rings is 2. The number of alkyl halides is 3. The number of halogens is 4. The Morgan fingerprint density at radius 2 is 1.65 bits per heavy atom. The molecule has 3 aromatic rings. The Kier molecular flexibility index (Phi) is 7.26. The molecule has 1 heterocycles. The van der Waals surface area contributed by atoms with E-state index >= 15 is 0 Å². The maximum absolute atomic E-state index is 14.3. The van der Waals surface area contributed by atoms with Gasteiger partial charge in [-0.2, -0.15) is 13.2 Å². The minimum Gasteiger partial charge on any atom is -0.444 e. The standard InChI is InChI=1S/C25H24F4N2O3/c1-24(2,3)34-23(33)31-21(17-10-11-19(20(26)13-17)25(27,28)29)22(32)16-8-6-15(7-9-16)18-5-4-12-30-14-18/h4-14,21-22,32H,1-3H3,(H,31,33). The number of rotatable bonds is 5. The fraction of sp³-hybridized carbons (Fsp3) is 0.280. The molecule has 3 rings (SSSR count). The number of nitrogens with one attached hydrogen (secondary N) is 1. The molecule has 0 aliphatic carbocycles. The first-order valence-electron chi connectivity index (χ1n) is 10.4. The highest BCUT2D eigenvalue weighted by Crippen LogP contribution is 2.35. The molecule has 180 valence electrons. The molecule has 2 atom stereocenters. The van der Waals surface area contributed by atoms with Crippen LogP contribution in [0, 0.1) is 5.82 Å². The second kappa shape index (κ2) is 9.80. The number of nitrogens with zero attached hydrogens (tertiary/aromatic N) is 1. The Morgan fingerprint density at radius 3 is 2.18 bits per heavy atom. The highest BCUT2D eigenvalue weighted by molar-refractivity contribution is 5.69. The lowest BCUT2D eigenvalue weighted by molar-refractivity contribution is -0.140. The molecule has 0 spiro atoms. The average molecular weight is 476 g/mol. The topological polar surface area (TPSA) is 71.5 Å². The van der Waals surface area contributed by atoms with Gasteiger partial charge in [0.2, 0.25) is 0 Å². The maximum Gasteiger partial charge on any atom is 0.419 e. The minimum atomic E-state index is -4.88. The van der Waals surface area contributed by atoms with Crippen LogP contribution >= 0.6 is 0 Å². The molecule has 0 saturated heterocycles. The number of ether oxygens (including phenoxy) is 1. The molecule has 0 saturated carbocycles. The fourth-order valence-corrected chi connectivity index (χ4v) is 3.33. The molecule has 34 heavy (non-hydrogen) atoms. The summed E-state index contributed by atoms with van der Waals surface area (Å²) < 4.78 is 58.5. The van der Waals surface area contributed by atoms with E-state index in [1.165, 1.54) is 0 Å². The van der Waals surface area contributed by atoms with E-state index in [0.29, 0.717) is 17.7 Å². The second-order valence-electron chi connectivity index (χ2n) is 8.67. The summed E-state index contributed by atoms with van der Waals surface area (Å²) in [7, 11) is 0. The summed E-state index contributed by atoms with van der Waals surface area (Å²) in [5.41, 5.74) is -0.342. The lowest BCUT2D eigenvalue weighted by atomic mass is 9.93. The third-order valence-corrected chi connectivity index (χ3v) is 4.89. The van der Waals surface area contributed by atoms with E-state index in [4.69, 9.17) is 4.74 Å². The fourth-order valence-electron chi connectivity index (χ4n) is 3.33. The molecule has 1 amide bonds. The summed E-state index contributed by atoms with van der Waals surface area (Å²) in [6.07, 6.45) is -3.89. The van der Waals surface area contributed by atoms with Crippen molar-refractivity contribution in [2.45, 2.75) is 44.7 Å². The number of carbonyl (C=O) groups is 1. The molecule has 2 aromatic carbocycles. The van der Waals surface area contributed by atoms with Gasteiger partial charge >= 0.3 is 12.3 Å². The summed E-state index contributed by atoms with van der Waals surface area (Å²) in [5, 5.41) is 13.5. The number of carbonyl (C=O) groups excluding carboxylic acids is 1. The van der Waals surface area contributed by atoms with E-state index in [-0.39, 0.29) is 5.56 Å². The first-order valence-corrected chi connectivity index (χ1v) is 10.4. The largest absolute Gasteiger partial charge is 0.444 e. The van der Waals surface area contributed by atoms with E-state index in [0.717, 1.165) is 17.2 Å². The van der Waals surface area contributed by atoms with Crippen LogP contribution in [-0.2, 0) is 10.9 Å². The molecule has 0 aliphatic rings. The Bertz CT molecular complexity index is 1130. The van der Waals surface area contributed by atoms with Gasteiger partial charge in [0.25, 0.3) is 0 Å². The van der Waals surface area contributed by atoms with Gasteiger partial charge in [-0.15, -0.1) is 0 Å². The zero-order valence-corrected chi connectivity index (χ0v) is 18.7. The number of aromatic nitrogens is 1. The van der Waals surface area contributed by atoms with Crippen molar-refractivity contribution in [3.05, 3.63) is 89.5 Å². The van der Waals surface area contributed by atoms with Gasteiger partial charge in [-0.05, 0) is 61.2 Å². The molecule has 0 aliphatic heterocycles. The number of alkyl carbamates (subject to hydrolysis) is 1. The molecule has 5 nitrogen and oxygen atoms in total. The molecule has 0 fully saturated rings. The number of amides is 1. The number of pyridine rings is 1. The number of aliphatic hydroxyl groups is 1. The molecule has 0 bridgehead atoms. The Labute approximate surface area is 194 Å². The van der Waals surface area contributed by atoms with Crippen LogP contribution in [0.4, 0.5) is 22.4 Å². The zero-order chi connectivity index (χ0) is 25.1. The van der Waals surface area contributed by atoms with Crippen molar-refractivity contribution in [1.82, 2.24) is 10.3 Å². The second-order valence-corrected chi connectivity index (χ2v) is 8.67. The van der Waals surface area contributed by atoms with Gasteiger partial charge in [-0.3, -0.25) is 4.98 Å². The zero-order valence-electron chi connectivity index (χ0n) is 18.7. The smallest absolute Gasteiger partial charge is 0.419 e. The van der Waals surface area contributed by atoms with E-state index in [1.54, 1.807) is 63.5 Å². The van der Waals surface area contributed by atoms with Gasteiger partial charge in [0.05, 0.1) is 11.6 Å². The molecular formula is C25H24F4N2O3. The van der Waals surface area contributed by atoms with Crippen LogP contribution < -0.4 is 5.32 Å². The van der Waals surface area contributed by atoms with Crippen LogP contribution in [0.25, 0.3) is 11.1 Å². The Balaban J connectivity index is 1.94. The van der Waals surface area contributed by atoms with Crippen LogP contribution in [0.5, 0.6) is 0 Å². The third kappa shape index (κ3) is 6.32. The van der Waals surface area contributed by atoms with Gasteiger partial charge in [-0.25, -0.2) is 9.18 Å². The predicted molar refractivity (Wildman–Crippen MR) is 118 cm³/mol. The van der Waals surface area contributed by atoms with Crippen molar-refractivity contribution in [2.75, 3.05) is 0 Å². The van der Waals surface area contributed by atoms with E-state index < -0.39 is 41.4 Å². The highest BCUT2D eigenvalue weighted by Gasteiger charge is 2.35. The number of aliphatic hydroxyl groups excluding tert-OH is 1. The van der Waals surface area contributed by atoms with Crippen LogP contribution in [0.3, 0.4) is 0 Å². The first-order chi connectivity index (χ1) is 15.8. The SMILES string of the molecule is CC(C)(C)OC(=O)NC(c1ccc(C(F)(F)F)c(F)c1)C(O)c1ccc(-c2cccnc2)cc1. The van der Waals surface area contributed by atoms with Gasteiger partial charge in [0, 0.05) is 12.4 Å². The van der Waals surface area contributed by atoms with Crippen LogP contribution in [0.1, 0.15) is 49.6 Å². The average Bonchev–Trinajstić information content (AvgIpc) is 2.75. The van der Waals surface area contributed by atoms with Crippen LogP contribution in [-0.4, -0.2) is 21.8 Å². The third-order valence-electron chi connectivity index (χ3n) is 4.89. The normalized spacial score (nSPS) is 13.8. The lowest BCUT2D eigenvalue weighted by Crippen LogP contribution is -2.37. The van der Waals surface area contributed by atoms with Gasteiger partial charge < -0.3 is 15.2 Å². The van der Waals surface area contributed by atoms with Gasteiger partial charge in [0.15, 0.2) is 0 Å². The molecular weight excluding hydrogens is 452 g/mol. The van der Waals surface area contributed by atoms with E-state index in [2.05, 4.69) is 10.3 Å². The minimum absolute atomic E-state index is 0.0554. The maximum atomic E-state index is 14.3. The van der Waals surface area contributed by atoms with E-state index in [9.17, 15) is 27.5 Å². The summed E-state index contributed by atoms with van der Waals surface area (Å²) >= 11 is 0. The van der Waals surface area contributed by atoms with Crippen molar-refractivity contribution in [1.29, 1.82) is 0 Å². The van der Waals surface area contributed by atoms with Crippen molar-refractivity contribution in [3.63, 3.8) is 0 Å². The lowest BCUT2D eigenvalue weighted by Gasteiger charge is -2.27. The van der Waals surface area contributed by atoms with Gasteiger partial charge in [-0.1, -0.05) is 36.4 Å². The summed E-state index contributed by atoms with van der Waals surface area (Å²) in [4.78, 5) is 16.5. The van der Waals surface area contributed by atoms with Crippen molar-refractivity contribution in [3.8, 4) is 11.1 Å². The summed E-state index contributed by atoms with van der Waals surface area (Å²) in [6.45, 7) is 4.90. The van der Waals surface area contributed by atoms with E-state index in [1.807, 2.05) is 6.07 Å². The van der Waals surface area contributed by atoms with Crippen LogP contribution in [0.2, 0.25) is 0 Å². The molecule has 2 N–H and O–H groups in total. The molecule has 9 heteroatoms. The first kappa shape index (κ1) is 25.2. The van der Waals surface area contributed by atoms with Crippen molar-refractivity contribution in [2.24, 2.45) is 0 Å².